The molecule has 1 amide bonds. The van der Waals surface area contributed by atoms with Crippen LogP contribution < -0.4 is 10.1 Å². The van der Waals surface area contributed by atoms with Crippen LogP contribution in [0.25, 0.3) is 0 Å². The third-order valence-corrected chi connectivity index (χ3v) is 4.57. The van der Waals surface area contributed by atoms with Crippen LogP contribution in [0.2, 0.25) is 0 Å². The highest BCUT2D eigenvalue weighted by molar-refractivity contribution is 9.10. The lowest BCUT2D eigenvalue weighted by atomic mass is 10.0. The molecule has 0 spiro atoms. The van der Waals surface area contributed by atoms with E-state index in [0.717, 1.165) is 11.3 Å². The third-order valence-electron chi connectivity index (χ3n) is 4.11. The van der Waals surface area contributed by atoms with E-state index in [2.05, 4.69) is 21.2 Å². The predicted molar refractivity (Wildman–Crippen MR) is 93.7 cm³/mol. The molecule has 1 N–H and O–H groups in total. The zero-order valence-corrected chi connectivity index (χ0v) is 14.8. The fourth-order valence-electron chi connectivity index (χ4n) is 3.01. The average molecular weight is 393 g/mol. The van der Waals surface area contributed by atoms with Crippen molar-refractivity contribution in [1.29, 1.82) is 0 Å². The molecule has 2 aromatic carbocycles. The Balaban J connectivity index is 1.96. The van der Waals surface area contributed by atoms with E-state index < -0.39 is 5.82 Å². The van der Waals surface area contributed by atoms with Gasteiger partial charge in [0, 0.05) is 35.2 Å². The maximum absolute atomic E-state index is 13.7. The SMILES string of the molecule is COc1ccccc1C1CNCCN1C(=O)c1cc(F)cc(Br)c1. The number of carbonyl (C=O) groups excluding carboxylic acids is 1. The summed E-state index contributed by atoms with van der Waals surface area (Å²) in [6, 6.07) is 11.8. The van der Waals surface area contributed by atoms with Gasteiger partial charge in [-0.25, -0.2) is 4.39 Å². The van der Waals surface area contributed by atoms with Crippen molar-refractivity contribution in [2.75, 3.05) is 26.7 Å². The molecule has 1 heterocycles. The Labute approximate surface area is 148 Å². The van der Waals surface area contributed by atoms with E-state index >= 15 is 0 Å². The molecule has 0 saturated carbocycles. The topological polar surface area (TPSA) is 41.6 Å². The molecule has 3 rings (SSSR count). The van der Waals surface area contributed by atoms with Gasteiger partial charge in [-0.2, -0.15) is 0 Å². The van der Waals surface area contributed by atoms with Crippen LogP contribution in [0.15, 0.2) is 46.9 Å². The summed E-state index contributed by atoms with van der Waals surface area (Å²) in [5, 5.41) is 3.31. The summed E-state index contributed by atoms with van der Waals surface area (Å²) >= 11 is 3.25. The molecule has 1 aliphatic heterocycles. The third kappa shape index (κ3) is 3.44. The first-order valence-corrected chi connectivity index (χ1v) is 8.50. The van der Waals surface area contributed by atoms with E-state index in [1.54, 1.807) is 18.1 Å². The predicted octanol–water partition coefficient (Wildman–Crippen LogP) is 3.38. The van der Waals surface area contributed by atoms with Gasteiger partial charge in [-0.1, -0.05) is 34.1 Å². The Bertz CT molecular complexity index is 733. The van der Waals surface area contributed by atoms with Gasteiger partial charge < -0.3 is 15.0 Å². The second kappa shape index (κ2) is 7.32. The summed E-state index contributed by atoms with van der Waals surface area (Å²) in [7, 11) is 1.62. The van der Waals surface area contributed by atoms with Crippen LogP contribution in [0.1, 0.15) is 22.0 Å². The number of carbonyl (C=O) groups is 1. The standard InChI is InChI=1S/C18H18BrFN2O2/c1-24-17-5-3-2-4-15(17)16-11-21-6-7-22(16)18(23)12-8-13(19)10-14(20)9-12/h2-5,8-10,16,21H,6-7,11H2,1H3. The Morgan fingerprint density at radius 1 is 1.33 bits per heavy atom. The van der Waals surface area contributed by atoms with Crippen LogP contribution in [0.3, 0.4) is 0 Å². The van der Waals surface area contributed by atoms with Gasteiger partial charge in [-0.3, -0.25) is 4.79 Å². The second-order valence-corrected chi connectivity index (χ2v) is 6.53. The minimum absolute atomic E-state index is 0.163. The Morgan fingerprint density at radius 2 is 2.12 bits per heavy atom. The fourth-order valence-corrected chi connectivity index (χ4v) is 3.48. The van der Waals surface area contributed by atoms with E-state index in [1.165, 1.54) is 12.1 Å². The first kappa shape index (κ1) is 16.9. The van der Waals surface area contributed by atoms with Gasteiger partial charge in [0.15, 0.2) is 0 Å². The average Bonchev–Trinajstić information content (AvgIpc) is 2.60. The Morgan fingerprint density at radius 3 is 2.88 bits per heavy atom. The van der Waals surface area contributed by atoms with Crippen LogP contribution in [-0.2, 0) is 0 Å². The molecule has 2 aromatic rings. The molecule has 1 aliphatic rings. The number of ether oxygens (including phenoxy) is 1. The van der Waals surface area contributed by atoms with Gasteiger partial charge in [-0.15, -0.1) is 0 Å². The molecule has 0 radical (unpaired) electrons. The van der Waals surface area contributed by atoms with Gasteiger partial charge in [0.1, 0.15) is 11.6 Å². The largest absolute Gasteiger partial charge is 0.496 e. The van der Waals surface area contributed by atoms with E-state index in [-0.39, 0.29) is 11.9 Å². The number of para-hydroxylation sites is 1. The molecule has 0 aromatic heterocycles. The van der Waals surface area contributed by atoms with E-state index in [9.17, 15) is 9.18 Å². The number of halogens is 2. The minimum Gasteiger partial charge on any atom is -0.496 e. The second-order valence-electron chi connectivity index (χ2n) is 5.62. The molecule has 1 saturated heterocycles. The molecule has 126 valence electrons. The Kier molecular flexibility index (Phi) is 5.16. The first-order chi connectivity index (χ1) is 11.6. The lowest BCUT2D eigenvalue weighted by Crippen LogP contribution is -2.48. The van der Waals surface area contributed by atoms with Gasteiger partial charge in [0.25, 0.3) is 5.91 Å². The minimum atomic E-state index is -0.434. The van der Waals surface area contributed by atoms with Crippen molar-refractivity contribution < 1.29 is 13.9 Å². The number of benzene rings is 2. The zero-order valence-electron chi connectivity index (χ0n) is 13.3. The van der Waals surface area contributed by atoms with E-state index in [4.69, 9.17) is 4.74 Å². The molecule has 24 heavy (non-hydrogen) atoms. The maximum atomic E-state index is 13.7. The summed E-state index contributed by atoms with van der Waals surface area (Å²) in [6.07, 6.45) is 0. The van der Waals surface area contributed by atoms with Crippen LogP contribution in [0.4, 0.5) is 4.39 Å². The van der Waals surface area contributed by atoms with Crippen LogP contribution in [0.5, 0.6) is 5.75 Å². The molecule has 1 unspecified atom stereocenters. The van der Waals surface area contributed by atoms with Crippen LogP contribution >= 0.6 is 15.9 Å². The molecular formula is C18H18BrFN2O2. The smallest absolute Gasteiger partial charge is 0.254 e. The van der Waals surface area contributed by atoms with Crippen molar-refractivity contribution in [3.8, 4) is 5.75 Å². The van der Waals surface area contributed by atoms with Crippen molar-refractivity contribution in [1.82, 2.24) is 10.2 Å². The monoisotopic (exact) mass is 392 g/mol. The molecule has 4 nitrogen and oxygen atoms in total. The fraction of sp³-hybridized carbons (Fsp3) is 0.278. The number of hydrogen-bond acceptors (Lipinski definition) is 3. The molecular weight excluding hydrogens is 375 g/mol. The summed E-state index contributed by atoms with van der Waals surface area (Å²) in [6.45, 7) is 1.88. The van der Waals surface area contributed by atoms with E-state index in [0.29, 0.717) is 29.7 Å². The highest BCUT2D eigenvalue weighted by Crippen LogP contribution is 2.31. The van der Waals surface area contributed by atoms with Crippen molar-refractivity contribution in [2.24, 2.45) is 0 Å². The lowest BCUT2D eigenvalue weighted by Gasteiger charge is -2.37. The first-order valence-electron chi connectivity index (χ1n) is 7.71. The quantitative estimate of drug-likeness (QED) is 0.870. The van der Waals surface area contributed by atoms with Gasteiger partial charge in [-0.05, 0) is 24.3 Å². The Hall–Kier alpha value is -1.92. The lowest BCUT2D eigenvalue weighted by molar-refractivity contribution is 0.0631. The molecule has 0 aliphatic carbocycles. The van der Waals surface area contributed by atoms with Gasteiger partial charge in [0.2, 0.25) is 0 Å². The molecule has 1 fully saturated rings. The number of rotatable bonds is 3. The van der Waals surface area contributed by atoms with E-state index in [1.807, 2.05) is 24.3 Å². The summed E-state index contributed by atoms with van der Waals surface area (Å²) < 4.78 is 19.6. The maximum Gasteiger partial charge on any atom is 0.254 e. The number of hydrogen-bond donors (Lipinski definition) is 1. The summed E-state index contributed by atoms with van der Waals surface area (Å²) in [5.41, 5.74) is 1.28. The molecule has 1 atom stereocenters. The summed E-state index contributed by atoms with van der Waals surface area (Å²) in [4.78, 5) is 14.7. The number of nitrogens with one attached hydrogen (secondary N) is 1. The van der Waals surface area contributed by atoms with Crippen LogP contribution in [0, 0.1) is 5.82 Å². The highest BCUT2D eigenvalue weighted by atomic mass is 79.9. The zero-order chi connectivity index (χ0) is 17.1. The van der Waals surface area contributed by atoms with Crippen molar-refractivity contribution in [3.63, 3.8) is 0 Å². The van der Waals surface area contributed by atoms with Gasteiger partial charge >= 0.3 is 0 Å². The number of methoxy groups -OCH3 is 1. The van der Waals surface area contributed by atoms with Crippen molar-refractivity contribution in [2.45, 2.75) is 6.04 Å². The van der Waals surface area contributed by atoms with Crippen LogP contribution in [-0.4, -0.2) is 37.6 Å². The number of amides is 1. The molecule has 6 heteroatoms. The summed E-state index contributed by atoms with van der Waals surface area (Å²) in [5.74, 6) is 0.119. The van der Waals surface area contributed by atoms with Crippen molar-refractivity contribution in [3.05, 3.63) is 63.9 Å². The normalized spacial score (nSPS) is 17.6. The molecule has 0 bridgehead atoms. The number of nitrogens with zero attached hydrogens (tertiary/aromatic N) is 1. The van der Waals surface area contributed by atoms with Crippen molar-refractivity contribution >= 4 is 21.8 Å². The number of piperazine rings is 1. The van der Waals surface area contributed by atoms with Gasteiger partial charge in [0.05, 0.1) is 13.2 Å². The highest BCUT2D eigenvalue weighted by Gasteiger charge is 2.30.